The largest absolute Gasteiger partial charge is 0.348 e. The van der Waals surface area contributed by atoms with Crippen molar-refractivity contribution in [1.82, 2.24) is 24.0 Å². The highest BCUT2D eigenvalue weighted by Crippen LogP contribution is 2.22. The van der Waals surface area contributed by atoms with Gasteiger partial charge in [-0.1, -0.05) is 43.7 Å². The summed E-state index contributed by atoms with van der Waals surface area (Å²) in [6.07, 6.45) is 3.59. The van der Waals surface area contributed by atoms with E-state index in [9.17, 15) is 22.8 Å². The van der Waals surface area contributed by atoms with E-state index in [1.54, 1.807) is 17.8 Å². The molecular weight excluding hydrogens is 458 g/mol. The van der Waals surface area contributed by atoms with Gasteiger partial charge in [-0.15, -0.1) is 0 Å². The van der Waals surface area contributed by atoms with Gasteiger partial charge in [-0.05, 0) is 25.3 Å². The molecule has 3 aromatic rings. The monoisotopic (exact) mass is 487 g/mol. The van der Waals surface area contributed by atoms with Crippen LogP contribution in [0.1, 0.15) is 38.7 Å². The minimum atomic E-state index is -3.23. The molecule has 0 saturated carbocycles. The summed E-state index contributed by atoms with van der Waals surface area (Å²) in [6.45, 7) is 3.95. The van der Waals surface area contributed by atoms with Crippen LogP contribution in [0.4, 0.5) is 0 Å². The minimum absolute atomic E-state index is 0.00379. The van der Waals surface area contributed by atoms with Gasteiger partial charge in [0.15, 0.2) is 21.0 Å². The molecule has 1 fully saturated rings. The first-order valence-electron chi connectivity index (χ1n) is 11.4. The van der Waals surface area contributed by atoms with Crippen molar-refractivity contribution in [3.8, 4) is 0 Å². The number of unbranched alkanes of at least 4 members (excludes halogenated alkanes) is 1. The molecule has 4 rings (SSSR count). The lowest BCUT2D eigenvalue weighted by Crippen LogP contribution is -2.51. The molecule has 0 bridgehead atoms. The second-order valence-corrected chi connectivity index (χ2v) is 11.3. The first kappa shape index (κ1) is 23.9. The first-order chi connectivity index (χ1) is 16.1. The normalized spacial score (nSPS) is 19.5. The van der Waals surface area contributed by atoms with E-state index in [1.807, 2.05) is 37.3 Å². The third-order valence-electron chi connectivity index (χ3n) is 6.17. The van der Waals surface area contributed by atoms with E-state index in [1.165, 1.54) is 4.57 Å². The van der Waals surface area contributed by atoms with Crippen LogP contribution in [0.3, 0.4) is 0 Å². The van der Waals surface area contributed by atoms with E-state index in [2.05, 4.69) is 10.3 Å². The Balaban J connectivity index is 1.75. The maximum atomic E-state index is 13.4. The number of fused-ring (bicyclic) bond motifs is 1. The molecule has 1 N–H and O–H groups in total. The number of rotatable bonds is 8. The van der Waals surface area contributed by atoms with Crippen molar-refractivity contribution in [1.29, 1.82) is 0 Å². The SMILES string of the molecule is CCCCn1cnc2c1c(=O)n(CC(=O)N[C@@]1(C)CCS(=O)(=O)C1)c(=O)n2Cc1ccccc1. The third kappa shape index (κ3) is 4.84. The number of amides is 1. The minimum Gasteiger partial charge on any atom is -0.348 e. The molecule has 0 spiro atoms. The molecule has 2 aromatic heterocycles. The fourth-order valence-corrected chi connectivity index (χ4v) is 6.51. The van der Waals surface area contributed by atoms with Gasteiger partial charge in [0, 0.05) is 6.54 Å². The number of hydrogen-bond acceptors (Lipinski definition) is 6. The number of carbonyl (C=O) groups excluding carboxylic acids is 1. The van der Waals surface area contributed by atoms with Crippen LogP contribution in [-0.2, 0) is 34.3 Å². The Bertz CT molecular complexity index is 1440. The van der Waals surface area contributed by atoms with Crippen LogP contribution in [0.2, 0.25) is 0 Å². The van der Waals surface area contributed by atoms with Gasteiger partial charge in [0.2, 0.25) is 5.91 Å². The topological polar surface area (TPSA) is 125 Å². The summed E-state index contributed by atoms with van der Waals surface area (Å²) in [5, 5.41) is 2.73. The Labute approximate surface area is 197 Å². The molecule has 1 amide bonds. The molecule has 3 heterocycles. The molecule has 1 saturated heterocycles. The Morgan fingerprint density at radius 2 is 1.91 bits per heavy atom. The van der Waals surface area contributed by atoms with Gasteiger partial charge in [0.05, 0.1) is 29.9 Å². The molecule has 0 unspecified atom stereocenters. The Morgan fingerprint density at radius 3 is 2.56 bits per heavy atom. The van der Waals surface area contributed by atoms with E-state index in [0.717, 1.165) is 23.0 Å². The predicted octanol–water partition coefficient (Wildman–Crippen LogP) is 0.902. The number of benzene rings is 1. The number of sulfone groups is 1. The average Bonchev–Trinajstić information content (AvgIpc) is 3.33. The summed E-state index contributed by atoms with van der Waals surface area (Å²) in [4.78, 5) is 44.0. The molecular formula is C23H29N5O5S. The highest BCUT2D eigenvalue weighted by atomic mass is 32.2. The summed E-state index contributed by atoms with van der Waals surface area (Å²) in [5.41, 5.74) is -0.742. The molecule has 34 heavy (non-hydrogen) atoms. The zero-order valence-corrected chi connectivity index (χ0v) is 20.2. The average molecular weight is 488 g/mol. The van der Waals surface area contributed by atoms with Crippen LogP contribution in [0.25, 0.3) is 11.2 Å². The van der Waals surface area contributed by atoms with Gasteiger partial charge in [-0.3, -0.25) is 14.2 Å². The second kappa shape index (κ2) is 9.21. The van der Waals surface area contributed by atoms with Gasteiger partial charge in [0.25, 0.3) is 5.56 Å². The lowest BCUT2D eigenvalue weighted by molar-refractivity contribution is -0.123. The zero-order chi connectivity index (χ0) is 24.5. The van der Waals surface area contributed by atoms with E-state index < -0.39 is 39.1 Å². The summed E-state index contributed by atoms with van der Waals surface area (Å²) < 4.78 is 27.8. The number of nitrogens with zero attached hydrogens (tertiary/aromatic N) is 4. The van der Waals surface area contributed by atoms with E-state index >= 15 is 0 Å². The molecule has 11 heteroatoms. The van der Waals surface area contributed by atoms with Crippen molar-refractivity contribution in [2.45, 2.75) is 58.3 Å². The van der Waals surface area contributed by atoms with Crippen molar-refractivity contribution >= 4 is 26.9 Å². The quantitative estimate of drug-likeness (QED) is 0.503. The van der Waals surface area contributed by atoms with Crippen molar-refractivity contribution in [2.24, 2.45) is 0 Å². The molecule has 1 aromatic carbocycles. The Kier molecular flexibility index (Phi) is 6.48. The summed E-state index contributed by atoms with van der Waals surface area (Å²) >= 11 is 0. The number of carbonyl (C=O) groups is 1. The number of aryl methyl sites for hydroxylation is 1. The molecule has 0 aliphatic carbocycles. The fourth-order valence-electron chi connectivity index (χ4n) is 4.41. The summed E-state index contributed by atoms with van der Waals surface area (Å²) in [6, 6.07) is 9.33. The van der Waals surface area contributed by atoms with Crippen molar-refractivity contribution in [3.05, 3.63) is 63.1 Å². The van der Waals surface area contributed by atoms with Crippen LogP contribution >= 0.6 is 0 Å². The van der Waals surface area contributed by atoms with Crippen molar-refractivity contribution < 1.29 is 13.2 Å². The van der Waals surface area contributed by atoms with Gasteiger partial charge in [-0.2, -0.15) is 0 Å². The number of hydrogen-bond donors (Lipinski definition) is 1. The van der Waals surface area contributed by atoms with E-state index in [-0.39, 0.29) is 35.6 Å². The van der Waals surface area contributed by atoms with Crippen molar-refractivity contribution in [2.75, 3.05) is 11.5 Å². The third-order valence-corrected chi connectivity index (χ3v) is 8.07. The standard InChI is InChI=1S/C23H29N5O5S/c1-3-4-11-26-16-24-20-19(26)21(30)28(22(31)27(20)13-17-8-6-5-7-9-17)14-18(29)25-23(2)10-12-34(32,33)15-23/h5-9,16H,3-4,10-15H2,1-2H3,(H,25,29)/t23-/m0/s1. The molecule has 1 atom stereocenters. The van der Waals surface area contributed by atoms with Crippen LogP contribution in [-0.4, -0.2) is 50.1 Å². The first-order valence-corrected chi connectivity index (χ1v) is 13.2. The highest BCUT2D eigenvalue weighted by Gasteiger charge is 2.39. The van der Waals surface area contributed by atoms with Crippen LogP contribution in [0.5, 0.6) is 0 Å². The van der Waals surface area contributed by atoms with Crippen LogP contribution in [0.15, 0.2) is 46.2 Å². The molecule has 1 aliphatic heterocycles. The van der Waals surface area contributed by atoms with Gasteiger partial charge < -0.3 is 9.88 Å². The van der Waals surface area contributed by atoms with Gasteiger partial charge in [-0.25, -0.2) is 22.8 Å². The summed E-state index contributed by atoms with van der Waals surface area (Å²) in [7, 11) is -3.23. The maximum Gasteiger partial charge on any atom is 0.333 e. The maximum absolute atomic E-state index is 13.4. The molecule has 0 radical (unpaired) electrons. The Morgan fingerprint density at radius 1 is 1.18 bits per heavy atom. The lowest BCUT2D eigenvalue weighted by Gasteiger charge is -2.24. The zero-order valence-electron chi connectivity index (χ0n) is 19.4. The smallest absolute Gasteiger partial charge is 0.333 e. The molecule has 182 valence electrons. The number of nitrogens with one attached hydrogen (secondary N) is 1. The molecule has 10 nitrogen and oxygen atoms in total. The predicted molar refractivity (Wildman–Crippen MR) is 129 cm³/mol. The van der Waals surface area contributed by atoms with Crippen LogP contribution < -0.4 is 16.6 Å². The van der Waals surface area contributed by atoms with E-state index in [4.69, 9.17) is 0 Å². The summed E-state index contributed by atoms with van der Waals surface area (Å²) in [5.74, 6) is -0.748. The van der Waals surface area contributed by atoms with Gasteiger partial charge in [0.1, 0.15) is 6.54 Å². The van der Waals surface area contributed by atoms with Crippen molar-refractivity contribution in [3.63, 3.8) is 0 Å². The lowest BCUT2D eigenvalue weighted by atomic mass is 10.0. The highest BCUT2D eigenvalue weighted by molar-refractivity contribution is 7.91. The second-order valence-electron chi connectivity index (χ2n) is 9.16. The molecule has 1 aliphatic rings. The van der Waals surface area contributed by atoms with E-state index in [0.29, 0.717) is 6.54 Å². The number of aromatic nitrogens is 4. The fraction of sp³-hybridized carbons (Fsp3) is 0.478. The number of imidazole rings is 1. The van der Waals surface area contributed by atoms with Gasteiger partial charge >= 0.3 is 5.69 Å². The Hall–Kier alpha value is -3.21. The van der Waals surface area contributed by atoms with Crippen LogP contribution in [0, 0.1) is 0 Å².